The monoisotopic (exact) mass is 266 g/mol. The largest absolute Gasteiger partial charge is 0.478 e. The van der Waals surface area contributed by atoms with Crippen LogP contribution in [-0.2, 0) is 14.3 Å². The molecule has 1 atom stereocenters. The van der Waals surface area contributed by atoms with Crippen molar-refractivity contribution in [2.75, 3.05) is 12.4 Å². The lowest BCUT2D eigenvalue weighted by molar-refractivity contribution is -0.384. The molecule has 0 aromatic heterocycles. The molecular formula is C11H10N2O6. The number of hydrogen-bond acceptors (Lipinski definition) is 6. The first-order valence-electron chi connectivity index (χ1n) is 5.34. The summed E-state index contributed by atoms with van der Waals surface area (Å²) in [5, 5.41) is 13.1. The number of fused-ring (bicyclic) bond motifs is 1. The van der Waals surface area contributed by atoms with Crippen LogP contribution < -0.4 is 10.1 Å². The molecule has 8 heteroatoms. The maximum Gasteiger partial charge on any atom is 0.309 e. The number of hydrogen-bond donors (Lipinski definition) is 1. The molecule has 1 unspecified atom stereocenters. The number of nitro groups is 1. The molecule has 1 aliphatic rings. The zero-order chi connectivity index (χ0) is 14.0. The molecule has 0 saturated heterocycles. The Bertz CT molecular complexity index is 556. The minimum atomic E-state index is -0.999. The zero-order valence-corrected chi connectivity index (χ0v) is 9.91. The van der Waals surface area contributed by atoms with E-state index in [1.807, 2.05) is 0 Å². The Hall–Kier alpha value is -2.64. The first-order chi connectivity index (χ1) is 9.01. The maximum absolute atomic E-state index is 11.7. The molecule has 100 valence electrons. The zero-order valence-electron chi connectivity index (χ0n) is 9.91. The van der Waals surface area contributed by atoms with Crippen molar-refractivity contribution in [3.8, 4) is 5.75 Å². The second kappa shape index (κ2) is 4.92. The second-order valence-corrected chi connectivity index (χ2v) is 3.81. The summed E-state index contributed by atoms with van der Waals surface area (Å²) in [6, 6.07) is 3.82. The molecule has 0 fully saturated rings. The lowest BCUT2D eigenvalue weighted by Crippen LogP contribution is -2.38. The third-order valence-corrected chi connectivity index (χ3v) is 2.57. The number of nitrogens with zero attached hydrogens (tertiary/aromatic N) is 1. The van der Waals surface area contributed by atoms with Crippen LogP contribution in [0.2, 0.25) is 0 Å². The molecule has 1 amide bonds. The number of ether oxygens (including phenoxy) is 2. The van der Waals surface area contributed by atoms with Crippen molar-refractivity contribution in [2.45, 2.75) is 12.5 Å². The Morgan fingerprint density at radius 1 is 1.58 bits per heavy atom. The van der Waals surface area contributed by atoms with E-state index in [0.717, 1.165) is 0 Å². The summed E-state index contributed by atoms with van der Waals surface area (Å²) in [5.41, 5.74) is 0.0504. The van der Waals surface area contributed by atoms with Gasteiger partial charge < -0.3 is 14.8 Å². The number of anilines is 1. The van der Waals surface area contributed by atoms with Gasteiger partial charge in [-0.15, -0.1) is 0 Å². The van der Waals surface area contributed by atoms with Gasteiger partial charge in [-0.25, -0.2) is 0 Å². The van der Waals surface area contributed by atoms with Crippen molar-refractivity contribution in [3.05, 3.63) is 28.3 Å². The summed E-state index contributed by atoms with van der Waals surface area (Å²) in [5.74, 6) is -0.844. The topological polar surface area (TPSA) is 108 Å². The predicted octanol–water partition coefficient (Wildman–Crippen LogP) is 0.857. The first-order valence-corrected chi connectivity index (χ1v) is 5.34. The fourth-order valence-electron chi connectivity index (χ4n) is 1.62. The number of nitrogens with one attached hydrogen (secondary N) is 1. The summed E-state index contributed by atoms with van der Waals surface area (Å²) in [7, 11) is 1.21. The molecule has 0 bridgehead atoms. The number of rotatable bonds is 3. The molecule has 8 nitrogen and oxygen atoms in total. The van der Waals surface area contributed by atoms with E-state index in [1.165, 1.54) is 25.3 Å². The van der Waals surface area contributed by atoms with E-state index < -0.39 is 22.9 Å². The van der Waals surface area contributed by atoms with E-state index >= 15 is 0 Å². The van der Waals surface area contributed by atoms with Gasteiger partial charge in [0.2, 0.25) is 0 Å². The van der Waals surface area contributed by atoms with Crippen molar-refractivity contribution in [1.29, 1.82) is 0 Å². The van der Waals surface area contributed by atoms with Crippen molar-refractivity contribution in [3.63, 3.8) is 0 Å². The molecule has 1 heterocycles. The SMILES string of the molecule is COC(=O)CC1Oc2ccc([N+](=O)[O-])cc2NC1=O. The van der Waals surface area contributed by atoms with Crippen LogP contribution in [0.15, 0.2) is 18.2 Å². The molecule has 1 N–H and O–H groups in total. The van der Waals surface area contributed by atoms with Gasteiger partial charge in [0, 0.05) is 12.1 Å². The van der Waals surface area contributed by atoms with Crippen LogP contribution in [0.3, 0.4) is 0 Å². The van der Waals surface area contributed by atoms with Crippen LogP contribution in [0.25, 0.3) is 0 Å². The third-order valence-electron chi connectivity index (χ3n) is 2.57. The lowest BCUT2D eigenvalue weighted by atomic mass is 10.1. The molecule has 19 heavy (non-hydrogen) atoms. The van der Waals surface area contributed by atoms with E-state index in [-0.39, 0.29) is 23.5 Å². The number of esters is 1. The van der Waals surface area contributed by atoms with Gasteiger partial charge in [0.15, 0.2) is 6.10 Å². The Kier molecular flexibility index (Phi) is 3.32. The fraction of sp³-hybridized carbons (Fsp3) is 0.273. The van der Waals surface area contributed by atoms with E-state index in [1.54, 1.807) is 0 Å². The van der Waals surface area contributed by atoms with Crippen LogP contribution in [0.5, 0.6) is 5.75 Å². The third kappa shape index (κ3) is 2.62. The van der Waals surface area contributed by atoms with Crippen molar-refractivity contribution in [2.24, 2.45) is 0 Å². The lowest BCUT2D eigenvalue weighted by Gasteiger charge is -2.24. The van der Waals surface area contributed by atoms with Gasteiger partial charge >= 0.3 is 5.97 Å². The van der Waals surface area contributed by atoms with Crippen LogP contribution in [-0.4, -0.2) is 30.0 Å². The Balaban J connectivity index is 2.22. The highest BCUT2D eigenvalue weighted by atomic mass is 16.6. The van der Waals surface area contributed by atoms with Crippen molar-refractivity contribution >= 4 is 23.3 Å². The molecule has 2 rings (SSSR count). The quantitative estimate of drug-likeness (QED) is 0.493. The fourth-order valence-corrected chi connectivity index (χ4v) is 1.62. The first kappa shape index (κ1) is 12.8. The average Bonchev–Trinajstić information content (AvgIpc) is 2.38. The summed E-state index contributed by atoms with van der Waals surface area (Å²) >= 11 is 0. The Morgan fingerprint density at radius 2 is 2.32 bits per heavy atom. The molecule has 0 saturated carbocycles. The highest BCUT2D eigenvalue weighted by molar-refractivity contribution is 5.99. The number of nitro benzene ring substituents is 1. The van der Waals surface area contributed by atoms with Crippen molar-refractivity contribution in [1.82, 2.24) is 0 Å². The van der Waals surface area contributed by atoms with Gasteiger partial charge in [0.25, 0.3) is 11.6 Å². The molecule has 1 aliphatic heterocycles. The number of benzene rings is 1. The van der Waals surface area contributed by atoms with Crippen LogP contribution in [0.1, 0.15) is 6.42 Å². The van der Waals surface area contributed by atoms with Gasteiger partial charge in [-0.05, 0) is 6.07 Å². The highest BCUT2D eigenvalue weighted by Gasteiger charge is 2.31. The molecule has 1 aromatic carbocycles. The summed E-state index contributed by atoms with van der Waals surface area (Å²) in [4.78, 5) is 32.8. The number of carbonyl (C=O) groups excluding carboxylic acids is 2. The summed E-state index contributed by atoms with van der Waals surface area (Å²) < 4.78 is 9.77. The van der Waals surface area contributed by atoms with E-state index in [9.17, 15) is 19.7 Å². The van der Waals surface area contributed by atoms with Crippen LogP contribution >= 0.6 is 0 Å². The van der Waals surface area contributed by atoms with Crippen LogP contribution in [0.4, 0.5) is 11.4 Å². The average molecular weight is 266 g/mol. The van der Waals surface area contributed by atoms with Gasteiger partial charge in [-0.2, -0.15) is 0 Å². The second-order valence-electron chi connectivity index (χ2n) is 3.81. The molecular weight excluding hydrogens is 256 g/mol. The summed E-state index contributed by atoms with van der Waals surface area (Å²) in [6.45, 7) is 0. The number of amides is 1. The summed E-state index contributed by atoms with van der Waals surface area (Å²) in [6.07, 6.45) is -1.22. The smallest absolute Gasteiger partial charge is 0.309 e. The normalized spacial score (nSPS) is 16.9. The van der Waals surface area contributed by atoms with E-state index in [4.69, 9.17) is 4.74 Å². The van der Waals surface area contributed by atoms with Gasteiger partial charge in [-0.3, -0.25) is 19.7 Å². The molecule has 0 aliphatic carbocycles. The minimum Gasteiger partial charge on any atom is -0.478 e. The molecule has 0 radical (unpaired) electrons. The van der Waals surface area contributed by atoms with Crippen LogP contribution in [0, 0.1) is 10.1 Å². The van der Waals surface area contributed by atoms with Gasteiger partial charge in [-0.1, -0.05) is 0 Å². The number of methoxy groups -OCH3 is 1. The van der Waals surface area contributed by atoms with E-state index in [0.29, 0.717) is 0 Å². The van der Waals surface area contributed by atoms with E-state index in [2.05, 4.69) is 10.1 Å². The van der Waals surface area contributed by atoms with Crippen molar-refractivity contribution < 1.29 is 24.0 Å². The highest BCUT2D eigenvalue weighted by Crippen LogP contribution is 2.33. The maximum atomic E-state index is 11.7. The molecule has 1 aromatic rings. The van der Waals surface area contributed by atoms with Gasteiger partial charge in [0.1, 0.15) is 5.75 Å². The number of carbonyl (C=O) groups is 2. The minimum absolute atomic E-state index is 0.158. The Labute approximate surface area is 107 Å². The standard InChI is InChI=1S/C11H10N2O6/c1-18-10(14)5-9-11(15)12-7-4-6(13(16)17)2-3-8(7)19-9/h2-4,9H,5H2,1H3,(H,12,15). The molecule has 0 spiro atoms. The van der Waals surface area contributed by atoms with Gasteiger partial charge in [0.05, 0.1) is 24.1 Å². The number of non-ortho nitro benzene ring substituents is 1. The Morgan fingerprint density at radius 3 is 2.95 bits per heavy atom. The predicted molar refractivity (Wildman–Crippen MR) is 62.8 cm³/mol.